The van der Waals surface area contributed by atoms with Crippen molar-refractivity contribution in [2.24, 2.45) is 0 Å². The van der Waals surface area contributed by atoms with E-state index in [1.54, 1.807) is 39.5 Å². The van der Waals surface area contributed by atoms with Gasteiger partial charge in [-0.05, 0) is 29.8 Å². The van der Waals surface area contributed by atoms with Gasteiger partial charge in [-0.2, -0.15) is 0 Å². The number of nitrogens with zero attached hydrogens (tertiary/aromatic N) is 1. The van der Waals surface area contributed by atoms with E-state index in [0.29, 0.717) is 45.2 Å². The summed E-state index contributed by atoms with van der Waals surface area (Å²) in [6, 6.07) is 7.25. The largest absolute Gasteiger partial charge is 0.493 e. The minimum atomic E-state index is -0.0706. The molecule has 2 heterocycles. The average Bonchev–Trinajstić information content (AvgIpc) is 3.21. The topological polar surface area (TPSA) is 63.2 Å². The van der Waals surface area contributed by atoms with Crippen molar-refractivity contribution in [2.75, 3.05) is 48.8 Å². The molecule has 0 N–H and O–H groups in total. The zero-order chi connectivity index (χ0) is 21.5. The van der Waals surface area contributed by atoms with Gasteiger partial charge in [0, 0.05) is 12.0 Å². The standard InChI is InChI=1S/C23H28NO6/c1-24(2)9-8-15-11-20-22(30-13-29-20)23(28-5)21(15)16(24)12-17(25)14-6-7-18(26-3)19(10-14)27-4/h6-7,10-11,16H,8-9,12-13H2,1-5H3/q+1/t16-/m0/s1. The van der Waals surface area contributed by atoms with Crippen LogP contribution in [0.1, 0.15) is 33.9 Å². The maximum Gasteiger partial charge on any atom is 0.231 e. The van der Waals surface area contributed by atoms with Crippen molar-refractivity contribution in [3.8, 4) is 28.7 Å². The fourth-order valence-electron chi connectivity index (χ4n) is 4.42. The summed E-state index contributed by atoms with van der Waals surface area (Å²) >= 11 is 0. The lowest BCUT2D eigenvalue weighted by Crippen LogP contribution is -2.48. The summed E-state index contributed by atoms with van der Waals surface area (Å²) in [7, 11) is 9.09. The van der Waals surface area contributed by atoms with E-state index in [1.807, 2.05) is 6.07 Å². The molecule has 0 saturated carbocycles. The Kier molecular flexibility index (Phi) is 5.24. The second-order valence-electron chi connectivity index (χ2n) is 8.18. The Morgan fingerprint density at radius 1 is 1.07 bits per heavy atom. The lowest BCUT2D eigenvalue weighted by Gasteiger charge is -2.43. The fourth-order valence-corrected chi connectivity index (χ4v) is 4.42. The van der Waals surface area contributed by atoms with Crippen molar-refractivity contribution < 1.29 is 33.0 Å². The number of quaternary nitrogens is 1. The molecule has 0 aromatic heterocycles. The number of rotatable bonds is 6. The number of Topliss-reactive ketones (excluding diaryl/α,β-unsaturated/α-hetero) is 1. The first-order valence-electron chi connectivity index (χ1n) is 9.97. The third-order valence-corrected chi connectivity index (χ3v) is 6.17. The molecule has 0 aliphatic carbocycles. The monoisotopic (exact) mass is 414 g/mol. The van der Waals surface area contributed by atoms with E-state index in [-0.39, 0.29) is 18.6 Å². The van der Waals surface area contributed by atoms with Gasteiger partial charge in [-0.3, -0.25) is 4.79 Å². The number of likely N-dealkylation sites (N-methyl/N-ethyl adjacent to an activating group) is 1. The van der Waals surface area contributed by atoms with Crippen molar-refractivity contribution >= 4 is 5.78 Å². The maximum absolute atomic E-state index is 13.3. The van der Waals surface area contributed by atoms with E-state index in [9.17, 15) is 4.79 Å². The molecule has 2 aliphatic heterocycles. The van der Waals surface area contributed by atoms with Crippen molar-refractivity contribution in [3.63, 3.8) is 0 Å². The van der Waals surface area contributed by atoms with Crippen LogP contribution in [0.15, 0.2) is 24.3 Å². The Balaban J connectivity index is 1.73. The molecule has 7 nitrogen and oxygen atoms in total. The van der Waals surface area contributed by atoms with Crippen LogP contribution in [0, 0.1) is 0 Å². The van der Waals surface area contributed by atoms with Crippen LogP contribution in [-0.4, -0.2) is 59.0 Å². The van der Waals surface area contributed by atoms with Gasteiger partial charge in [-0.1, -0.05) is 0 Å². The molecular weight excluding hydrogens is 386 g/mol. The second kappa shape index (κ2) is 7.72. The number of hydrogen-bond donors (Lipinski definition) is 0. The van der Waals surface area contributed by atoms with Gasteiger partial charge in [0.1, 0.15) is 6.04 Å². The van der Waals surface area contributed by atoms with Crippen LogP contribution in [0.4, 0.5) is 0 Å². The van der Waals surface area contributed by atoms with Crippen LogP contribution in [0.25, 0.3) is 0 Å². The summed E-state index contributed by atoms with van der Waals surface area (Å²) in [6.07, 6.45) is 1.22. The third-order valence-electron chi connectivity index (χ3n) is 6.17. The molecule has 30 heavy (non-hydrogen) atoms. The predicted octanol–water partition coefficient (Wildman–Crippen LogP) is 3.39. The Morgan fingerprint density at radius 3 is 2.53 bits per heavy atom. The normalized spacial score (nSPS) is 18.5. The van der Waals surface area contributed by atoms with Crippen molar-refractivity contribution in [1.82, 2.24) is 0 Å². The average molecular weight is 414 g/mol. The summed E-state index contributed by atoms with van der Waals surface area (Å²) in [5.74, 6) is 3.20. The van der Waals surface area contributed by atoms with E-state index >= 15 is 0 Å². The highest BCUT2D eigenvalue weighted by Crippen LogP contribution is 2.51. The quantitative estimate of drug-likeness (QED) is 0.533. The molecule has 2 aliphatic rings. The maximum atomic E-state index is 13.3. The van der Waals surface area contributed by atoms with Crippen LogP contribution in [0.3, 0.4) is 0 Å². The van der Waals surface area contributed by atoms with E-state index in [4.69, 9.17) is 23.7 Å². The van der Waals surface area contributed by atoms with E-state index < -0.39 is 0 Å². The minimum absolute atomic E-state index is 0.0414. The van der Waals surface area contributed by atoms with Crippen LogP contribution >= 0.6 is 0 Å². The van der Waals surface area contributed by atoms with E-state index in [2.05, 4.69) is 14.1 Å². The first kappa shape index (κ1) is 20.3. The number of hydrogen-bond acceptors (Lipinski definition) is 6. The van der Waals surface area contributed by atoms with Crippen molar-refractivity contribution in [1.29, 1.82) is 0 Å². The Labute approximate surface area is 176 Å². The van der Waals surface area contributed by atoms with Crippen LogP contribution in [0.2, 0.25) is 0 Å². The molecular formula is C23H28NO6+. The molecule has 2 aromatic rings. The number of ketones is 1. The smallest absolute Gasteiger partial charge is 0.231 e. The highest BCUT2D eigenvalue weighted by molar-refractivity contribution is 5.97. The molecule has 0 spiro atoms. The zero-order valence-electron chi connectivity index (χ0n) is 18.1. The highest BCUT2D eigenvalue weighted by Gasteiger charge is 2.42. The summed E-state index contributed by atoms with van der Waals surface area (Å²) < 4.78 is 28.4. The first-order chi connectivity index (χ1) is 14.4. The molecule has 1 atom stereocenters. The molecule has 2 aromatic carbocycles. The Morgan fingerprint density at radius 2 is 1.83 bits per heavy atom. The van der Waals surface area contributed by atoms with Gasteiger partial charge in [0.05, 0.1) is 54.0 Å². The van der Waals surface area contributed by atoms with Gasteiger partial charge >= 0.3 is 0 Å². The SMILES string of the molecule is COc1ccc(C(=O)C[C@H]2c3c(cc4c(c3OC)OCO4)CC[N+]2(C)C)cc1OC. The number of fused-ring (bicyclic) bond motifs is 2. The van der Waals surface area contributed by atoms with Crippen LogP contribution in [-0.2, 0) is 6.42 Å². The highest BCUT2D eigenvalue weighted by atomic mass is 16.7. The number of carbonyl (C=O) groups is 1. The number of methoxy groups -OCH3 is 3. The van der Waals surface area contributed by atoms with Crippen molar-refractivity contribution in [2.45, 2.75) is 18.9 Å². The Hall–Kier alpha value is -2.93. The van der Waals surface area contributed by atoms with E-state index in [0.717, 1.165) is 24.1 Å². The van der Waals surface area contributed by atoms with Gasteiger partial charge in [-0.15, -0.1) is 0 Å². The van der Waals surface area contributed by atoms with Gasteiger partial charge in [0.15, 0.2) is 28.8 Å². The van der Waals surface area contributed by atoms with Crippen LogP contribution in [0.5, 0.6) is 28.7 Å². The summed E-state index contributed by atoms with van der Waals surface area (Å²) in [5.41, 5.74) is 2.78. The lowest BCUT2D eigenvalue weighted by atomic mass is 9.86. The third kappa shape index (κ3) is 3.33. The van der Waals surface area contributed by atoms with Gasteiger partial charge in [0.25, 0.3) is 0 Å². The number of benzene rings is 2. The number of ether oxygens (including phenoxy) is 5. The van der Waals surface area contributed by atoms with Crippen LogP contribution < -0.4 is 23.7 Å². The Bertz CT molecular complexity index is 984. The molecule has 0 unspecified atom stereocenters. The second-order valence-corrected chi connectivity index (χ2v) is 8.18. The fraction of sp³-hybridized carbons (Fsp3) is 0.435. The number of carbonyl (C=O) groups excluding carboxylic acids is 1. The first-order valence-corrected chi connectivity index (χ1v) is 9.97. The molecule has 0 radical (unpaired) electrons. The molecule has 160 valence electrons. The van der Waals surface area contributed by atoms with Gasteiger partial charge in [0.2, 0.25) is 12.5 Å². The summed E-state index contributed by atoms with van der Waals surface area (Å²) in [4.78, 5) is 13.3. The summed E-state index contributed by atoms with van der Waals surface area (Å²) in [6.45, 7) is 1.10. The lowest BCUT2D eigenvalue weighted by molar-refractivity contribution is -0.922. The minimum Gasteiger partial charge on any atom is -0.493 e. The summed E-state index contributed by atoms with van der Waals surface area (Å²) in [5, 5.41) is 0. The molecule has 0 fully saturated rings. The van der Waals surface area contributed by atoms with E-state index in [1.165, 1.54) is 0 Å². The molecule has 0 bridgehead atoms. The zero-order valence-corrected chi connectivity index (χ0v) is 18.1. The van der Waals surface area contributed by atoms with Crippen molar-refractivity contribution in [3.05, 3.63) is 41.0 Å². The predicted molar refractivity (Wildman–Crippen MR) is 111 cm³/mol. The molecule has 4 rings (SSSR count). The molecule has 7 heteroatoms. The van der Waals surface area contributed by atoms with Gasteiger partial charge < -0.3 is 28.2 Å². The van der Waals surface area contributed by atoms with Gasteiger partial charge in [-0.25, -0.2) is 0 Å². The molecule has 0 saturated heterocycles. The molecule has 0 amide bonds.